The van der Waals surface area contributed by atoms with Gasteiger partial charge in [0, 0.05) is 9.85 Å². The van der Waals surface area contributed by atoms with Crippen LogP contribution in [0.5, 0.6) is 0 Å². The first kappa shape index (κ1) is 23.9. The van der Waals surface area contributed by atoms with Crippen LogP contribution in [0.1, 0.15) is 87.7 Å². The summed E-state index contributed by atoms with van der Waals surface area (Å²) >= 11 is 0. The topological polar surface area (TPSA) is 98.3 Å². The van der Waals surface area contributed by atoms with Gasteiger partial charge in [-0.05, 0) is 47.9 Å². The highest BCUT2D eigenvalue weighted by Crippen LogP contribution is 2.47. The average Bonchev–Trinajstić information content (AvgIpc) is 2.71. The molecule has 0 amide bonds. The SMILES string of the molecule is CC(C)c1ccc([C@H]2N[C@@H](c3ccc(C(C)C)cc3)[C@H]([N+](=O)[O-])C(C)(C)[C@@H]2[N+](=O)[O-])cc1. The van der Waals surface area contributed by atoms with Gasteiger partial charge >= 0.3 is 0 Å². The number of nitrogens with one attached hydrogen (secondary N) is 1. The molecule has 7 nitrogen and oxygen atoms in total. The lowest BCUT2D eigenvalue weighted by Gasteiger charge is -2.44. The lowest BCUT2D eigenvalue weighted by molar-refractivity contribution is -0.605. The Hall–Kier alpha value is -2.80. The van der Waals surface area contributed by atoms with Crippen LogP contribution in [-0.4, -0.2) is 21.9 Å². The maximum absolute atomic E-state index is 12.2. The maximum atomic E-state index is 12.2. The Morgan fingerprint density at radius 2 is 1.03 bits per heavy atom. The van der Waals surface area contributed by atoms with E-state index >= 15 is 0 Å². The molecule has 3 rings (SSSR count). The van der Waals surface area contributed by atoms with Crippen LogP contribution in [-0.2, 0) is 0 Å². The fraction of sp³-hybridized carbons (Fsp3) is 0.520. The van der Waals surface area contributed by atoms with Crippen LogP contribution in [0.4, 0.5) is 0 Å². The highest BCUT2D eigenvalue weighted by molar-refractivity contribution is 5.33. The van der Waals surface area contributed by atoms with E-state index in [9.17, 15) is 20.2 Å². The van der Waals surface area contributed by atoms with Crippen molar-refractivity contribution in [3.8, 4) is 0 Å². The normalized spacial score (nSPS) is 25.1. The van der Waals surface area contributed by atoms with Crippen molar-refractivity contribution in [2.45, 2.75) is 77.5 Å². The Bertz CT molecular complexity index is 890. The molecule has 2 aromatic rings. The van der Waals surface area contributed by atoms with Crippen molar-refractivity contribution < 1.29 is 9.85 Å². The van der Waals surface area contributed by atoms with Crippen molar-refractivity contribution in [3.63, 3.8) is 0 Å². The number of nitrogens with zero attached hydrogens (tertiary/aromatic N) is 2. The minimum Gasteiger partial charge on any atom is -0.291 e. The van der Waals surface area contributed by atoms with E-state index in [4.69, 9.17) is 0 Å². The number of piperidine rings is 1. The highest BCUT2D eigenvalue weighted by atomic mass is 16.6. The molecule has 0 spiro atoms. The second-order valence-corrected chi connectivity index (χ2v) is 10.0. The number of nitro groups is 2. The molecule has 1 N–H and O–H groups in total. The van der Waals surface area contributed by atoms with Gasteiger partial charge in [-0.3, -0.25) is 25.5 Å². The summed E-state index contributed by atoms with van der Waals surface area (Å²) in [4.78, 5) is 23.7. The molecule has 4 atom stereocenters. The summed E-state index contributed by atoms with van der Waals surface area (Å²) in [6.45, 7) is 11.7. The maximum Gasteiger partial charge on any atom is 0.243 e. The molecule has 0 saturated carbocycles. The molecule has 1 aliphatic heterocycles. The zero-order valence-corrected chi connectivity index (χ0v) is 19.6. The van der Waals surface area contributed by atoms with Gasteiger partial charge in [-0.15, -0.1) is 0 Å². The van der Waals surface area contributed by atoms with Crippen LogP contribution >= 0.6 is 0 Å². The first-order chi connectivity index (χ1) is 14.9. The second-order valence-electron chi connectivity index (χ2n) is 10.0. The van der Waals surface area contributed by atoms with Gasteiger partial charge in [-0.1, -0.05) is 76.2 Å². The Morgan fingerprint density at radius 1 is 0.719 bits per heavy atom. The summed E-state index contributed by atoms with van der Waals surface area (Å²) in [5.41, 5.74) is 2.65. The van der Waals surface area contributed by atoms with Crippen LogP contribution in [0.3, 0.4) is 0 Å². The Balaban J connectivity index is 2.10. The molecular formula is C25H33N3O4. The van der Waals surface area contributed by atoms with Crippen molar-refractivity contribution in [2.75, 3.05) is 0 Å². The molecule has 32 heavy (non-hydrogen) atoms. The van der Waals surface area contributed by atoms with E-state index in [1.807, 2.05) is 48.5 Å². The number of rotatable bonds is 6. The number of hydrogen-bond donors (Lipinski definition) is 1. The number of hydrogen-bond acceptors (Lipinski definition) is 5. The summed E-state index contributed by atoms with van der Waals surface area (Å²) in [6.07, 6.45) is 0. The van der Waals surface area contributed by atoms with Gasteiger partial charge in [0.25, 0.3) is 0 Å². The van der Waals surface area contributed by atoms with E-state index in [0.29, 0.717) is 11.8 Å². The summed E-state index contributed by atoms with van der Waals surface area (Å²) in [5.74, 6) is 0.689. The predicted molar refractivity (Wildman–Crippen MR) is 125 cm³/mol. The van der Waals surface area contributed by atoms with Gasteiger partial charge < -0.3 is 0 Å². The van der Waals surface area contributed by atoms with Crippen molar-refractivity contribution in [3.05, 3.63) is 91.0 Å². The van der Waals surface area contributed by atoms with Crippen LogP contribution in [0.25, 0.3) is 0 Å². The molecule has 0 aromatic heterocycles. The largest absolute Gasteiger partial charge is 0.291 e. The lowest BCUT2D eigenvalue weighted by atomic mass is 9.66. The highest BCUT2D eigenvalue weighted by Gasteiger charge is 2.62. The van der Waals surface area contributed by atoms with Gasteiger partial charge in [0.05, 0.1) is 0 Å². The zero-order chi connectivity index (χ0) is 23.8. The van der Waals surface area contributed by atoms with Gasteiger partial charge in [0.1, 0.15) is 17.5 Å². The predicted octanol–water partition coefficient (Wildman–Crippen LogP) is 5.64. The third kappa shape index (κ3) is 4.39. The smallest absolute Gasteiger partial charge is 0.243 e. The molecule has 7 heteroatoms. The van der Waals surface area contributed by atoms with Gasteiger partial charge in [0.15, 0.2) is 0 Å². The molecule has 1 fully saturated rings. The Kier molecular flexibility index (Phi) is 6.69. The third-order valence-corrected chi connectivity index (χ3v) is 6.89. The number of benzene rings is 2. The van der Waals surface area contributed by atoms with Gasteiger partial charge in [0.2, 0.25) is 12.1 Å². The Morgan fingerprint density at radius 3 is 1.28 bits per heavy atom. The summed E-state index contributed by atoms with van der Waals surface area (Å²) in [7, 11) is 0. The van der Waals surface area contributed by atoms with Crippen molar-refractivity contribution >= 4 is 0 Å². The molecule has 2 aromatic carbocycles. The van der Waals surface area contributed by atoms with E-state index in [2.05, 4.69) is 33.0 Å². The molecule has 172 valence electrons. The third-order valence-electron chi connectivity index (χ3n) is 6.89. The molecule has 1 aliphatic rings. The van der Waals surface area contributed by atoms with E-state index in [0.717, 1.165) is 22.3 Å². The van der Waals surface area contributed by atoms with Crippen molar-refractivity contribution in [1.29, 1.82) is 0 Å². The van der Waals surface area contributed by atoms with E-state index < -0.39 is 29.6 Å². The first-order valence-corrected chi connectivity index (χ1v) is 11.2. The lowest BCUT2D eigenvalue weighted by Crippen LogP contribution is -2.63. The molecule has 0 bridgehead atoms. The molecule has 0 aliphatic carbocycles. The van der Waals surface area contributed by atoms with E-state index in [1.165, 1.54) is 0 Å². The molecule has 1 heterocycles. The second kappa shape index (κ2) is 8.98. The van der Waals surface area contributed by atoms with Crippen LogP contribution < -0.4 is 5.32 Å². The molecule has 1 saturated heterocycles. The van der Waals surface area contributed by atoms with Gasteiger partial charge in [-0.25, -0.2) is 0 Å². The first-order valence-electron chi connectivity index (χ1n) is 11.2. The fourth-order valence-corrected chi connectivity index (χ4v) is 4.93. The van der Waals surface area contributed by atoms with Crippen LogP contribution in [0, 0.1) is 25.6 Å². The van der Waals surface area contributed by atoms with Gasteiger partial charge in [-0.2, -0.15) is 0 Å². The molecule has 0 radical (unpaired) electrons. The zero-order valence-electron chi connectivity index (χ0n) is 19.6. The fourth-order valence-electron chi connectivity index (χ4n) is 4.93. The standard InChI is InChI=1S/C25H33N3O4/c1-15(2)17-7-11-19(12-8-17)21-23(27(29)30)25(5,6)24(28(31)32)22(26-21)20-13-9-18(10-14-20)16(3)4/h7-16,21-24,26H,1-6H3/t21-,22+,23-,24+. The minimum absolute atomic E-state index is 0.345. The van der Waals surface area contributed by atoms with Crippen LogP contribution in [0.15, 0.2) is 48.5 Å². The monoisotopic (exact) mass is 439 g/mol. The van der Waals surface area contributed by atoms with E-state index in [1.54, 1.807) is 13.8 Å². The van der Waals surface area contributed by atoms with Crippen molar-refractivity contribution in [1.82, 2.24) is 5.32 Å². The quantitative estimate of drug-likeness (QED) is 0.464. The molecular weight excluding hydrogens is 406 g/mol. The molecule has 0 unspecified atom stereocenters. The van der Waals surface area contributed by atoms with Crippen molar-refractivity contribution in [2.24, 2.45) is 5.41 Å². The summed E-state index contributed by atoms with van der Waals surface area (Å²) in [5, 5.41) is 27.7. The Labute approximate surface area is 189 Å². The average molecular weight is 440 g/mol. The summed E-state index contributed by atoms with van der Waals surface area (Å²) < 4.78 is 0. The minimum atomic E-state index is -1.18. The van der Waals surface area contributed by atoms with Crippen LogP contribution in [0.2, 0.25) is 0 Å². The van der Waals surface area contributed by atoms with E-state index in [-0.39, 0.29) is 9.85 Å². The summed E-state index contributed by atoms with van der Waals surface area (Å²) in [6, 6.07) is 12.0.